The molecule has 0 spiro atoms. The van der Waals surface area contributed by atoms with Gasteiger partial charge >= 0.3 is 0 Å². The second-order valence-electron chi connectivity index (χ2n) is 6.09. The lowest BCUT2D eigenvalue weighted by Gasteiger charge is -2.30. The first kappa shape index (κ1) is 14.0. The van der Waals surface area contributed by atoms with E-state index in [0.29, 0.717) is 12.0 Å². The van der Waals surface area contributed by atoms with Crippen LogP contribution in [0.15, 0.2) is 18.2 Å². The SMILES string of the molecule is Cc1ccc(N(C)CC(C)(C)C)c(CCN)c1. The summed E-state index contributed by atoms with van der Waals surface area (Å²) in [6, 6.07) is 6.64. The van der Waals surface area contributed by atoms with E-state index in [1.54, 1.807) is 0 Å². The molecule has 96 valence electrons. The van der Waals surface area contributed by atoms with E-state index in [9.17, 15) is 0 Å². The van der Waals surface area contributed by atoms with E-state index in [1.807, 2.05) is 0 Å². The molecule has 0 radical (unpaired) electrons. The van der Waals surface area contributed by atoms with Crippen LogP contribution in [0.2, 0.25) is 0 Å². The number of rotatable bonds is 4. The summed E-state index contributed by atoms with van der Waals surface area (Å²) >= 11 is 0. The summed E-state index contributed by atoms with van der Waals surface area (Å²) in [6.45, 7) is 10.7. The number of aryl methyl sites for hydroxylation is 1. The molecule has 0 amide bonds. The Morgan fingerprint density at radius 2 is 1.88 bits per heavy atom. The maximum Gasteiger partial charge on any atom is 0.0397 e. The Labute approximate surface area is 106 Å². The molecule has 2 nitrogen and oxygen atoms in total. The molecule has 1 rings (SSSR count). The molecule has 1 aromatic rings. The Hall–Kier alpha value is -1.02. The molecule has 0 aliphatic rings. The summed E-state index contributed by atoms with van der Waals surface area (Å²) in [4.78, 5) is 2.34. The second-order valence-corrected chi connectivity index (χ2v) is 6.09. The highest BCUT2D eigenvalue weighted by molar-refractivity contribution is 5.54. The minimum atomic E-state index is 0.305. The first-order chi connectivity index (χ1) is 7.83. The van der Waals surface area contributed by atoms with Gasteiger partial charge in [0.05, 0.1) is 0 Å². The van der Waals surface area contributed by atoms with Crippen molar-refractivity contribution in [2.24, 2.45) is 11.1 Å². The van der Waals surface area contributed by atoms with Gasteiger partial charge in [0.1, 0.15) is 0 Å². The fourth-order valence-electron chi connectivity index (χ4n) is 2.24. The lowest BCUT2D eigenvalue weighted by Crippen LogP contribution is -2.30. The molecule has 0 aliphatic carbocycles. The average molecular weight is 234 g/mol. The van der Waals surface area contributed by atoms with E-state index in [0.717, 1.165) is 13.0 Å². The highest BCUT2D eigenvalue weighted by Crippen LogP contribution is 2.25. The molecule has 2 heteroatoms. The standard InChI is InChI=1S/C15H26N2/c1-12-6-7-14(13(10-12)8-9-16)17(5)11-15(2,3)4/h6-7,10H,8-9,11,16H2,1-5H3. The molecule has 0 aromatic heterocycles. The Bertz CT molecular complexity index is 364. The molecule has 0 bridgehead atoms. The van der Waals surface area contributed by atoms with Crippen LogP contribution >= 0.6 is 0 Å². The average Bonchev–Trinajstić information content (AvgIpc) is 2.15. The number of nitrogens with two attached hydrogens (primary N) is 1. The lowest BCUT2D eigenvalue weighted by molar-refractivity contribution is 0.418. The van der Waals surface area contributed by atoms with Crippen LogP contribution in [0.4, 0.5) is 5.69 Å². The predicted octanol–water partition coefficient (Wildman–Crippen LogP) is 2.98. The zero-order valence-corrected chi connectivity index (χ0v) is 11.9. The molecule has 0 heterocycles. The largest absolute Gasteiger partial charge is 0.374 e. The molecule has 17 heavy (non-hydrogen) atoms. The first-order valence-corrected chi connectivity index (χ1v) is 6.34. The van der Waals surface area contributed by atoms with Crippen molar-refractivity contribution in [3.8, 4) is 0 Å². The number of hydrogen-bond acceptors (Lipinski definition) is 2. The number of anilines is 1. The molecule has 0 saturated carbocycles. The van der Waals surface area contributed by atoms with Crippen molar-refractivity contribution in [1.82, 2.24) is 0 Å². The lowest BCUT2D eigenvalue weighted by atomic mass is 9.95. The molecule has 0 fully saturated rings. The van der Waals surface area contributed by atoms with Crippen molar-refractivity contribution in [3.63, 3.8) is 0 Å². The first-order valence-electron chi connectivity index (χ1n) is 6.34. The minimum Gasteiger partial charge on any atom is -0.374 e. The summed E-state index contributed by atoms with van der Waals surface area (Å²) in [5.74, 6) is 0. The Kier molecular flexibility index (Phi) is 4.58. The van der Waals surface area contributed by atoms with Crippen LogP contribution in [0.3, 0.4) is 0 Å². The minimum absolute atomic E-state index is 0.305. The summed E-state index contributed by atoms with van der Waals surface area (Å²) < 4.78 is 0. The second kappa shape index (κ2) is 5.54. The normalized spacial score (nSPS) is 11.6. The Balaban J connectivity index is 2.95. The van der Waals surface area contributed by atoms with Gasteiger partial charge in [0, 0.05) is 19.3 Å². The van der Waals surface area contributed by atoms with E-state index in [4.69, 9.17) is 5.73 Å². The summed E-state index contributed by atoms with van der Waals surface area (Å²) in [5, 5.41) is 0. The van der Waals surface area contributed by atoms with Crippen LogP contribution < -0.4 is 10.6 Å². The van der Waals surface area contributed by atoms with E-state index < -0.39 is 0 Å². The molecule has 2 N–H and O–H groups in total. The molecule has 1 aromatic carbocycles. The van der Waals surface area contributed by atoms with Gasteiger partial charge in [-0.05, 0) is 36.9 Å². The van der Waals surface area contributed by atoms with Crippen molar-refractivity contribution in [1.29, 1.82) is 0 Å². The third kappa shape index (κ3) is 4.39. The van der Waals surface area contributed by atoms with Crippen LogP contribution in [0.1, 0.15) is 31.9 Å². The van der Waals surface area contributed by atoms with Crippen LogP contribution in [-0.4, -0.2) is 20.1 Å². The van der Waals surface area contributed by atoms with Crippen molar-refractivity contribution in [3.05, 3.63) is 29.3 Å². The maximum atomic E-state index is 5.69. The van der Waals surface area contributed by atoms with Crippen molar-refractivity contribution >= 4 is 5.69 Å². The van der Waals surface area contributed by atoms with Gasteiger partial charge in [-0.25, -0.2) is 0 Å². The molecule has 0 aliphatic heterocycles. The van der Waals surface area contributed by atoms with E-state index in [2.05, 4.69) is 57.8 Å². The zero-order chi connectivity index (χ0) is 13.1. The monoisotopic (exact) mass is 234 g/mol. The highest BCUT2D eigenvalue weighted by Gasteiger charge is 2.15. The number of nitrogens with zero attached hydrogens (tertiary/aromatic N) is 1. The summed E-state index contributed by atoms with van der Waals surface area (Å²) in [7, 11) is 2.16. The molecular weight excluding hydrogens is 208 g/mol. The van der Waals surface area contributed by atoms with Gasteiger partial charge in [0.15, 0.2) is 0 Å². The Morgan fingerprint density at radius 1 is 1.24 bits per heavy atom. The van der Waals surface area contributed by atoms with Crippen LogP contribution in [-0.2, 0) is 6.42 Å². The summed E-state index contributed by atoms with van der Waals surface area (Å²) in [6.07, 6.45) is 0.950. The molecule has 0 atom stereocenters. The topological polar surface area (TPSA) is 29.3 Å². The van der Waals surface area contributed by atoms with Gasteiger partial charge in [-0.1, -0.05) is 38.5 Å². The van der Waals surface area contributed by atoms with Crippen LogP contribution in [0.25, 0.3) is 0 Å². The van der Waals surface area contributed by atoms with Gasteiger partial charge in [0.25, 0.3) is 0 Å². The maximum absolute atomic E-state index is 5.69. The van der Waals surface area contributed by atoms with Crippen molar-refractivity contribution < 1.29 is 0 Å². The zero-order valence-electron chi connectivity index (χ0n) is 11.9. The van der Waals surface area contributed by atoms with E-state index in [-0.39, 0.29) is 0 Å². The predicted molar refractivity (Wildman–Crippen MR) is 76.7 cm³/mol. The van der Waals surface area contributed by atoms with E-state index in [1.165, 1.54) is 16.8 Å². The van der Waals surface area contributed by atoms with Crippen LogP contribution in [0.5, 0.6) is 0 Å². The fraction of sp³-hybridized carbons (Fsp3) is 0.600. The fourth-order valence-corrected chi connectivity index (χ4v) is 2.24. The third-order valence-corrected chi connectivity index (χ3v) is 2.77. The highest BCUT2D eigenvalue weighted by atomic mass is 15.1. The number of hydrogen-bond donors (Lipinski definition) is 1. The Morgan fingerprint density at radius 3 is 2.41 bits per heavy atom. The van der Waals surface area contributed by atoms with E-state index >= 15 is 0 Å². The summed E-state index contributed by atoms with van der Waals surface area (Å²) in [5.41, 5.74) is 9.98. The third-order valence-electron chi connectivity index (χ3n) is 2.77. The van der Waals surface area contributed by atoms with Gasteiger partial charge in [-0.2, -0.15) is 0 Å². The molecule has 0 unspecified atom stereocenters. The van der Waals surface area contributed by atoms with Gasteiger partial charge in [0.2, 0.25) is 0 Å². The molecular formula is C15H26N2. The van der Waals surface area contributed by atoms with Gasteiger partial charge < -0.3 is 10.6 Å². The van der Waals surface area contributed by atoms with Crippen LogP contribution in [0, 0.1) is 12.3 Å². The number of benzene rings is 1. The smallest absolute Gasteiger partial charge is 0.0397 e. The molecule has 0 saturated heterocycles. The quantitative estimate of drug-likeness (QED) is 0.868. The van der Waals surface area contributed by atoms with Gasteiger partial charge in [-0.15, -0.1) is 0 Å². The van der Waals surface area contributed by atoms with Crippen molar-refractivity contribution in [2.75, 3.05) is 25.0 Å². The van der Waals surface area contributed by atoms with Crippen molar-refractivity contribution in [2.45, 2.75) is 34.1 Å². The van der Waals surface area contributed by atoms with Gasteiger partial charge in [-0.3, -0.25) is 0 Å².